The molecule has 7 nitrogen and oxygen atoms in total. The lowest BCUT2D eigenvalue weighted by Gasteiger charge is -2.23. The number of anilines is 1. The van der Waals surface area contributed by atoms with E-state index in [-0.39, 0.29) is 22.6 Å². The molecule has 0 aliphatic carbocycles. The Bertz CT molecular complexity index is 966. The van der Waals surface area contributed by atoms with Gasteiger partial charge in [0.25, 0.3) is 0 Å². The topological polar surface area (TPSA) is 83.1 Å². The maximum absolute atomic E-state index is 12.4. The van der Waals surface area contributed by atoms with Crippen LogP contribution in [0.5, 0.6) is 17.2 Å². The molecule has 0 bridgehead atoms. The Balaban J connectivity index is 2.59. The Kier molecular flexibility index (Phi) is 8.12. The summed E-state index contributed by atoms with van der Waals surface area (Å²) in [6.07, 6.45) is 0. The molecule has 0 fully saturated rings. The number of ether oxygens (including phenoxy) is 4. The predicted molar refractivity (Wildman–Crippen MR) is 116 cm³/mol. The first-order chi connectivity index (χ1) is 14.4. The van der Waals surface area contributed by atoms with Crippen LogP contribution in [0.2, 0.25) is 5.02 Å². The zero-order valence-corrected chi connectivity index (χ0v) is 18.0. The van der Waals surface area contributed by atoms with E-state index in [1.165, 1.54) is 33.5 Å². The van der Waals surface area contributed by atoms with Crippen molar-refractivity contribution in [2.75, 3.05) is 33.3 Å². The molecule has 1 atom stereocenters. The minimum absolute atomic E-state index is 0.117. The van der Waals surface area contributed by atoms with Crippen molar-refractivity contribution < 1.29 is 23.7 Å². The summed E-state index contributed by atoms with van der Waals surface area (Å²) in [4.78, 5) is 24.2. The first-order valence-electron chi connectivity index (χ1n) is 9.08. The molecule has 2 rings (SSSR count). The highest BCUT2D eigenvalue weighted by atomic mass is 35.5. The van der Waals surface area contributed by atoms with Crippen LogP contribution in [0.3, 0.4) is 0 Å². The average Bonchev–Trinajstić information content (AvgIpc) is 2.90. The second-order valence-electron chi connectivity index (χ2n) is 6.11. The largest absolute Gasteiger partial charge is 0.493 e. The van der Waals surface area contributed by atoms with Gasteiger partial charge in [0.15, 0.2) is 16.9 Å². The van der Waals surface area contributed by atoms with E-state index in [9.17, 15) is 9.59 Å². The molecule has 2 aromatic carbocycles. The smallest absolute Gasteiger partial charge is 0.335 e. The number of carbonyl (C=O) groups is 1. The van der Waals surface area contributed by atoms with Crippen LogP contribution in [-0.4, -0.2) is 33.9 Å². The molecule has 0 saturated carbocycles. The van der Waals surface area contributed by atoms with Gasteiger partial charge in [0, 0.05) is 23.9 Å². The maximum atomic E-state index is 12.4. The summed E-state index contributed by atoms with van der Waals surface area (Å²) < 4.78 is 21.2. The van der Waals surface area contributed by atoms with Gasteiger partial charge in [-0.25, -0.2) is 4.79 Å². The molecule has 0 heterocycles. The SMILES string of the molecule is C=C(C(=O)OCC)[C@@H](Nc1cc(OC)c(OC)c(OC)c1)c1cccc(=O)cc1Cl. The molecule has 0 aromatic heterocycles. The third kappa shape index (κ3) is 5.24. The van der Waals surface area contributed by atoms with Crippen LogP contribution in [0.15, 0.2) is 53.3 Å². The van der Waals surface area contributed by atoms with Crippen LogP contribution in [0.4, 0.5) is 5.69 Å². The van der Waals surface area contributed by atoms with E-state index in [0.29, 0.717) is 28.5 Å². The van der Waals surface area contributed by atoms with Crippen LogP contribution < -0.4 is 25.0 Å². The van der Waals surface area contributed by atoms with Crippen LogP contribution >= 0.6 is 11.6 Å². The second kappa shape index (κ2) is 10.5. The number of nitrogens with one attached hydrogen (secondary N) is 1. The number of rotatable bonds is 9. The van der Waals surface area contributed by atoms with E-state index in [0.717, 1.165) is 0 Å². The predicted octanol–water partition coefficient (Wildman–Crippen LogP) is 4.00. The Hall–Kier alpha value is -3.19. The number of carbonyl (C=O) groups excluding carboxylic acids is 1. The molecule has 160 valence electrons. The highest BCUT2D eigenvalue weighted by Crippen LogP contribution is 2.41. The van der Waals surface area contributed by atoms with Gasteiger partial charge in [-0.2, -0.15) is 0 Å². The molecule has 30 heavy (non-hydrogen) atoms. The normalized spacial score (nSPS) is 11.2. The fourth-order valence-electron chi connectivity index (χ4n) is 2.84. The van der Waals surface area contributed by atoms with Crippen molar-refractivity contribution in [2.24, 2.45) is 0 Å². The molecule has 8 heteroatoms. The van der Waals surface area contributed by atoms with Gasteiger partial charge in [0.2, 0.25) is 5.75 Å². The Morgan fingerprint density at radius 1 is 1.10 bits per heavy atom. The van der Waals surface area contributed by atoms with Crippen molar-refractivity contribution in [3.8, 4) is 17.2 Å². The summed E-state index contributed by atoms with van der Waals surface area (Å²) in [5.41, 5.74) is 0.876. The lowest BCUT2D eigenvalue weighted by Crippen LogP contribution is -2.20. The molecule has 1 N–H and O–H groups in total. The minimum Gasteiger partial charge on any atom is -0.493 e. The van der Waals surface area contributed by atoms with Crippen LogP contribution in [0, 0.1) is 0 Å². The lowest BCUT2D eigenvalue weighted by molar-refractivity contribution is -0.138. The molecular formula is C22H24ClNO6. The van der Waals surface area contributed by atoms with E-state index in [2.05, 4.69) is 11.9 Å². The molecule has 0 saturated heterocycles. The van der Waals surface area contributed by atoms with E-state index in [1.54, 1.807) is 31.2 Å². The number of esters is 1. The zero-order chi connectivity index (χ0) is 22.3. The van der Waals surface area contributed by atoms with Crippen molar-refractivity contribution in [3.05, 3.63) is 69.4 Å². The number of hydrogen-bond acceptors (Lipinski definition) is 7. The van der Waals surface area contributed by atoms with E-state index in [4.69, 9.17) is 30.5 Å². The third-order valence-corrected chi connectivity index (χ3v) is 4.58. The van der Waals surface area contributed by atoms with Gasteiger partial charge in [-0.15, -0.1) is 0 Å². The molecule has 0 amide bonds. The highest BCUT2D eigenvalue weighted by molar-refractivity contribution is 6.31. The van der Waals surface area contributed by atoms with Crippen LogP contribution in [0.1, 0.15) is 18.5 Å². The van der Waals surface area contributed by atoms with Crippen molar-refractivity contribution in [1.29, 1.82) is 0 Å². The number of halogens is 1. The van der Waals surface area contributed by atoms with Crippen LogP contribution in [-0.2, 0) is 9.53 Å². The minimum atomic E-state index is -0.786. The zero-order valence-electron chi connectivity index (χ0n) is 17.3. The Labute approximate surface area is 180 Å². The quantitative estimate of drug-likeness (QED) is 0.472. The van der Waals surface area contributed by atoms with Crippen molar-refractivity contribution in [3.63, 3.8) is 0 Å². The summed E-state index contributed by atoms with van der Waals surface area (Å²) in [5.74, 6) is 0.677. The fraction of sp³-hybridized carbons (Fsp3) is 0.273. The molecule has 2 aromatic rings. The molecular weight excluding hydrogens is 410 g/mol. The highest BCUT2D eigenvalue weighted by Gasteiger charge is 2.25. The number of methoxy groups -OCH3 is 3. The van der Waals surface area contributed by atoms with Crippen molar-refractivity contribution in [2.45, 2.75) is 13.0 Å². The first-order valence-corrected chi connectivity index (χ1v) is 9.46. The third-order valence-electron chi connectivity index (χ3n) is 4.25. The van der Waals surface area contributed by atoms with Crippen molar-refractivity contribution in [1.82, 2.24) is 0 Å². The Morgan fingerprint density at radius 3 is 2.27 bits per heavy atom. The Morgan fingerprint density at radius 2 is 1.73 bits per heavy atom. The average molecular weight is 434 g/mol. The summed E-state index contributed by atoms with van der Waals surface area (Å²) in [6.45, 7) is 5.78. The molecule has 0 spiro atoms. The summed E-state index contributed by atoms with van der Waals surface area (Å²) >= 11 is 6.36. The standard InChI is InChI=1S/C22H24ClNO6/c1-6-30-22(26)13(2)20(16-9-7-8-15(25)12-17(16)23)24-14-10-18(27-3)21(29-5)19(11-14)28-4/h7-12,20,24H,2,6H2,1,3-5H3/t20-/m1/s1. The van der Waals surface area contributed by atoms with Gasteiger partial charge < -0.3 is 24.3 Å². The fourth-order valence-corrected chi connectivity index (χ4v) is 3.12. The first kappa shape index (κ1) is 23.1. The van der Waals surface area contributed by atoms with E-state index < -0.39 is 12.0 Å². The summed E-state index contributed by atoms with van der Waals surface area (Å²) in [6, 6.07) is 8.44. The van der Waals surface area contributed by atoms with Gasteiger partial charge >= 0.3 is 5.97 Å². The number of benzene rings is 1. The van der Waals surface area contributed by atoms with Gasteiger partial charge in [-0.3, -0.25) is 4.79 Å². The van der Waals surface area contributed by atoms with Crippen LogP contribution in [0.25, 0.3) is 0 Å². The monoisotopic (exact) mass is 433 g/mol. The molecule has 0 aliphatic heterocycles. The van der Waals surface area contributed by atoms with E-state index in [1.807, 2.05) is 0 Å². The summed E-state index contributed by atoms with van der Waals surface area (Å²) in [7, 11) is 4.50. The molecule has 0 aliphatic rings. The van der Waals surface area contributed by atoms with Gasteiger partial charge in [-0.05, 0) is 18.6 Å². The number of hydrogen-bond donors (Lipinski definition) is 1. The lowest BCUT2D eigenvalue weighted by atomic mass is 10.0. The molecule has 0 unspecified atom stereocenters. The molecule has 0 radical (unpaired) electrons. The van der Waals surface area contributed by atoms with Gasteiger partial charge in [-0.1, -0.05) is 30.3 Å². The second-order valence-corrected chi connectivity index (χ2v) is 6.52. The maximum Gasteiger partial charge on any atom is 0.335 e. The van der Waals surface area contributed by atoms with Crippen molar-refractivity contribution >= 4 is 23.3 Å². The van der Waals surface area contributed by atoms with Gasteiger partial charge in [0.05, 0.1) is 44.6 Å². The summed E-state index contributed by atoms with van der Waals surface area (Å²) in [5, 5.41) is 3.39. The van der Waals surface area contributed by atoms with Gasteiger partial charge in [0.1, 0.15) is 0 Å². The van der Waals surface area contributed by atoms with E-state index >= 15 is 0 Å².